The van der Waals surface area contributed by atoms with Gasteiger partial charge in [-0.3, -0.25) is 9.59 Å². The molecule has 1 aliphatic rings. The fraction of sp³-hybridized carbons (Fsp3) is 0.455. The molecule has 1 aromatic carbocycles. The SMILES string of the molecule is CCCCOC(=O)N1CCN(C(=O)C(CO)NC(=O)c2nc(-c3ccccc3)sc2Br)CC1. The minimum absolute atomic E-state index is 0.157. The van der Waals surface area contributed by atoms with Crippen LogP contribution in [0.5, 0.6) is 0 Å². The number of carbonyl (C=O) groups is 3. The molecular formula is C22H27BrN4O5S. The Morgan fingerprint density at radius 3 is 2.48 bits per heavy atom. The van der Waals surface area contributed by atoms with E-state index in [4.69, 9.17) is 4.74 Å². The van der Waals surface area contributed by atoms with Gasteiger partial charge in [-0.1, -0.05) is 43.7 Å². The number of aromatic nitrogens is 1. The second-order valence-electron chi connectivity index (χ2n) is 7.50. The van der Waals surface area contributed by atoms with E-state index in [-0.39, 0.29) is 11.8 Å². The third-order valence-corrected chi connectivity index (χ3v) is 6.93. The number of nitrogens with one attached hydrogen (secondary N) is 1. The van der Waals surface area contributed by atoms with E-state index in [9.17, 15) is 19.5 Å². The number of halogens is 1. The van der Waals surface area contributed by atoms with Gasteiger partial charge in [0.2, 0.25) is 5.91 Å². The number of amides is 3. The number of thiazole rings is 1. The van der Waals surface area contributed by atoms with Crippen molar-refractivity contribution in [1.29, 1.82) is 0 Å². The van der Waals surface area contributed by atoms with E-state index in [2.05, 4.69) is 26.2 Å². The van der Waals surface area contributed by atoms with Crippen LogP contribution in [-0.4, -0.2) is 83.2 Å². The highest BCUT2D eigenvalue weighted by Crippen LogP contribution is 2.31. The number of hydrogen-bond acceptors (Lipinski definition) is 7. The number of aliphatic hydroxyl groups excluding tert-OH is 1. The summed E-state index contributed by atoms with van der Waals surface area (Å²) < 4.78 is 5.75. The Morgan fingerprint density at radius 1 is 1.18 bits per heavy atom. The number of hydrogen-bond donors (Lipinski definition) is 2. The maximum atomic E-state index is 12.9. The molecule has 0 radical (unpaired) electrons. The molecule has 3 amide bonds. The quantitative estimate of drug-likeness (QED) is 0.499. The first-order valence-corrected chi connectivity index (χ1v) is 12.4. The zero-order chi connectivity index (χ0) is 23.8. The van der Waals surface area contributed by atoms with Crippen molar-refractivity contribution >= 4 is 45.2 Å². The summed E-state index contributed by atoms with van der Waals surface area (Å²) in [6.45, 7) is 3.12. The molecule has 0 saturated carbocycles. The highest BCUT2D eigenvalue weighted by Gasteiger charge is 2.31. The summed E-state index contributed by atoms with van der Waals surface area (Å²) in [5.74, 6) is -0.953. The summed E-state index contributed by atoms with van der Waals surface area (Å²) in [6, 6.07) is 8.35. The number of piperazine rings is 1. The number of benzene rings is 1. The summed E-state index contributed by atoms with van der Waals surface area (Å²) in [6.07, 6.45) is 1.36. The lowest BCUT2D eigenvalue weighted by Gasteiger charge is -2.35. The van der Waals surface area contributed by atoms with Crippen molar-refractivity contribution in [3.05, 3.63) is 39.8 Å². The van der Waals surface area contributed by atoms with E-state index in [0.29, 0.717) is 41.6 Å². The molecule has 3 rings (SSSR count). The molecule has 1 atom stereocenters. The Labute approximate surface area is 204 Å². The summed E-state index contributed by atoms with van der Waals surface area (Å²) in [7, 11) is 0. The zero-order valence-corrected chi connectivity index (χ0v) is 20.7. The van der Waals surface area contributed by atoms with Crippen LogP contribution in [0.2, 0.25) is 0 Å². The Kier molecular flexibility index (Phi) is 9.21. The van der Waals surface area contributed by atoms with Gasteiger partial charge in [0.05, 0.1) is 13.2 Å². The van der Waals surface area contributed by atoms with Crippen molar-refractivity contribution in [2.75, 3.05) is 39.4 Å². The highest BCUT2D eigenvalue weighted by atomic mass is 79.9. The molecule has 1 fully saturated rings. The first kappa shape index (κ1) is 25.1. The number of nitrogens with zero attached hydrogens (tertiary/aromatic N) is 3. The van der Waals surface area contributed by atoms with E-state index in [0.717, 1.165) is 18.4 Å². The topological polar surface area (TPSA) is 112 Å². The van der Waals surface area contributed by atoms with Crippen LogP contribution in [-0.2, 0) is 9.53 Å². The van der Waals surface area contributed by atoms with Crippen molar-refractivity contribution in [2.45, 2.75) is 25.8 Å². The molecule has 2 N–H and O–H groups in total. The van der Waals surface area contributed by atoms with Crippen LogP contribution < -0.4 is 5.32 Å². The van der Waals surface area contributed by atoms with Gasteiger partial charge in [0.25, 0.3) is 5.91 Å². The largest absolute Gasteiger partial charge is 0.449 e. The lowest BCUT2D eigenvalue weighted by atomic mass is 10.2. The molecule has 33 heavy (non-hydrogen) atoms. The molecule has 2 heterocycles. The molecule has 9 nitrogen and oxygen atoms in total. The first-order chi connectivity index (χ1) is 15.9. The number of aliphatic hydroxyl groups is 1. The predicted molar refractivity (Wildman–Crippen MR) is 128 cm³/mol. The predicted octanol–water partition coefficient (Wildman–Crippen LogP) is 2.74. The molecule has 1 aliphatic heterocycles. The van der Waals surface area contributed by atoms with Gasteiger partial charge in [-0.05, 0) is 22.4 Å². The summed E-state index contributed by atoms with van der Waals surface area (Å²) in [4.78, 5) is 45.2. The number of rotatable bonds is 8. The third kappa shape index (κ3) is 6.52. The van der Waals surface area contributed by atoms with Gasteiger partial charge in [-0.15, -0.1) is 11.3 Å². The molecule has 0 aliphatic carbocycles. The number of carbonyl (C=O) groups excluding carboxylic acids is 3. The summed E-state index contributed by atoms with van der Waals surface area (Å²) in [5.41, 5.74) is 1.04. The monoisotopic (exact) mass is 538 g/mol. The van der Waals surface area contributed by atoms with Gasteiger partial charge in [-0.25, -0.2) is 9.78 Å². The van der Waals surface area contributed by atoms with Crippen LogP contribution >= 0.6 is 27.3 Å². The Hall–Kier alpha value is -2.50. The molecule has 1 saturated heterocycles. The van der Waals surface area contributed by atoms with Crippen LogP contribution in [0.25, 0.3) is 10.6 Å². The fourth-order valence-electron chi connectivity index (χ4n) is 3.28. The van der Waals surface area contributed by atoms with Crippen LogP contribution in [0.4, 0.5) is 4.79 Å². The summed E-state index contributed by atoms with van der Waals surface area (Å²) >= 11 is 4.69. The minimum atomic E-state index is -1.10. The van der Waals surface area contributed by atoms with Crippen LogP contribution in [0, 0.1) is 0 Å². The molecule has 178 valence electrons. The second-order valence-corrected chi connectivity index (χ2v) is 9.81. The van der Waals surface area contributed by atoms with E-state index in [1.54, 1.807) is 4.90 Å². The van der Waals surface area contributed by atoms with E-state index < -0.39 is 24.5 Å². The van der Waals surface area contributed by atoms with Gasteiger partial charge >= 0.3 is 6.09 Å². The Bertz CT molecular complexity index is 963. The maximum Gasteiger partial charge on any atom is 0.409 e. The molecule has 2 aromatic rings. The second kappa shape index (κ2) is 12.1. The lowest BCUT2D eigenvalue weighted by Crippen LogP contribution is -2.56. The first-order valence-electron chi connectivity index (χ1n) is 10.8. The molecule has 1 aromatic heterocycles. The highest BCUT2D eigenvalue weighted by molar-refractivity contribution is 9.11. The zero-order valence-electron chi connectivity index (χ0n) is 18.3. The lowest BCUT2D eigenvalue weighted by molar-refractivity contribution is -0.135. The van der Waals surface area contributed by atoms with E-state index >= 15 is 0 Å². The fourth-order valence-corrected chi connectivity index (χ4v) is 4.81. The van der Waals surface area contributed by atoms with Crippen molar-refractivity contribution in [3.8, 4) is 10.6 Å². The average molecular weight is 539 g/mol. The molecule has 1 unspecified atom stereocenters. The van der Waals surface area contributed by atoms with Crippen molar-refractivity contribution in [1.82, 2.24) is 20.1 Å². The normalized spacial score (nSPS) is 14.6. The van der Waals surface area contributed by atoms with Crippen molar-refractivity contribution in [3.63, 3.8) is 0 Å². The Balaban J connectivity index is 1.57. The standard InChI is InChI=1S/C22H27BrN4O5S/c1-2-3-13-32-22(31)27-11-9-26(10-12-27)21(30)16(14-28)24-19(29)17-18(23)33-20(25-17)15-7-5-4-6-8-15/h4-8,16,28H,2-3,9-14H2,1H3,(H,24,29). The van der Waals surface area contributed by atoms with Gasteiger partial charge in [0.1, 0.15) is 14.8 Å². The van der Waals surface area contributed by atoms with E-state index in [1.165, 1.54) is 16.2 Å². The Morgan fingerprint density at radius 2 is 1.85 bits per heavy atom. The molecular weight excluding hydrogens is 512 g/mol. The van der Waals surface area contributed by atoms with Crippen LogP contribution in [0.1, 0.15) is 30.3 Å². The summed E-state index contributed by atoms with van der Waals surface area (Å²) in [5, 5.41) is 13.0. The van der Waals surface area contributed by atoms with Crippen LogP contribution in [0.3, 0.4) is 0 Å². The van der Waals surface area contributed by atoms with Crippen molar-refractivity contribution < 1.29 is 24.2 Å². The molecule has 0 spiro atoms. The van der Waals surface area contributed by atoms with Gasteiger partial charge < -0.3 is 25.0 Å². The number of ether oxygens (including phenoxy) is 1. The van der Waals surface area contributed by atoms with Crippen LogP contribution in [0.15, 0.2) is 34.1 Å². The van der Waals surface area contributed by atoms with Gasteiger partial charge in [0.15, 0.2) is 5.69 Å². The molecule has 0 bridgehead atoms. The van der Waals surface area contributed by atoms with Crippen molar-refractivity contribution in [2.24, 2.45) is 0 Å². The average Bonchev–Trinajstić information content (AvgIpc) is 3.24. The van der Waals surface area contributed by atoms with Gasteiger partial charge in [0, 0.05) is 31.7 Å². The third-order valence-electron chi connectivity index (χ3n) is 5.18. The maximum absolute atomic E-state index is 12.9. The minimum Gasteiger partial charge on any atom is -0.449 e. The van der Waals surface area contributed by atoms with E-state index in [1.807, 2.05) is 37.3 Å². The smallest absolute Gasteiger partial charge is 0.409 e. The van der Waals surface area contributed by atoms with Gasteiger partial charge in [-0.2, -0.15) is 0 Å². The molecule has 11 heteroatoms. The number of unbranched alkanes of at least 4 members (excludes halogenated alkanes) is 1.